The van der Waals surface area contributed by atoms with Crippen LogP contribution in [0, 0.1) is 10.1 Å². The number of carboxylic acid groups (broad SMARTS) is 1. The van der Waals surface area contributed by atoms with Crippen molar-refractivity contribution in [1.29, 1.82) is 0 Å². The van der Waals surface area contributed by atoms with Crippen molar-refractivity contribution >= 4 is 23.0 Å². The number of nitro groups is 1. The van der Waals surface area contributed by atoms with Crippen molar-refractivity contribution in [3.63, 3.8) is 0 Å². The van der Waals surface area contributed by atoms with Crippen molar-refractivity contribution in [3.8, 4) is 5.75 Å². The first-order chi connectivity index (χ1) is 11.3. The molecule has 0 aromatic heterocycles. The van der Waals surface area contributed by atoms with E-state index < -0.39 is 29.7 Å². The van der Waals surface area contributed by atoms with E-state index in [1.807, 2.05) is 0 Å². The van der Waals surface area contributed by atoms with Gasteiger partial charge in [-0.2, -0.15) is 0 Å². The molecule has 0 fully saturated rings. The summed E-state index contributed by atoms with van der Waals surface area (Å²) in [5.41, 5.74) is 5.65. The third kappa shape index (κ3) is 3.70. The molecule has 24 heavy (non-hydrogen) atoms. The van der Waals surface area contributed by atoms with Gasteiger partial charge in [0.25, 0.3) is 6.43 Å². The van der Waals surface area contributed by atoms with Gasteiger partial charge in [-0.25, -0.2) is 13.6 Å². The van der Waals surface area contributed by atoms with Crippen LogP contribution in [0.25, 0.3) is 5.57 Å². The summed E-state index contributed by atoms with van der Waals surface area (Å²) in [6, 6.07) is 2.75. The van der Waals surface area contributed by atoms with E-state index in [1.165, 1.54) is 12.1 Å². The fourth-order valence-electron chi connectivity index (χ4n) is 2.41. The lowest BCUT2D eigenvalue weighted by Gasteiger charge is -2.24. The molecule has 8 nitrogen and oxygen atoms in total. The Hall–Kier alpha value is -2.91. The third-order valence-corrected chi connectivity index (χ3v) is 3.52. The number of rotatable bonds is 5. The molecule has 1 heterocycles. The fraction of sp³-hybridized carbons (Fsp3) is 0.357. The number of benzene rings is 1. The molecule has 1 amide bonds. The number of hydrogen-bond acceptors (Lipinski definition) is 5. The second-order valence-electron chi connectivity index (χ2n) is 5.05. The molecule has 0 atom stereocenters. The smallest absolute Gasteiger partial charge is 0.407 e. The van der Waals surface area contributed by atoms with Crippen LogP contribution in [0.2, 0.25) is 0 Å². The maximum Gasteiger partial charge on any atom is 0.407 e. The minimum atomic E-state index is -2.80. The Morgan fingerprint density at radius 3 is 2.71 bits per heavy atom. The summed E-state index contributed by atoms with van der Waals surface area (Å²) < 4.78 is 29.9. The van der Waals surface area contributed by atoms with Gasteiger partial charge in [-0.3, -0.25) is 10.1 Å². The van der Waals surface area contributed by atoms with Crippen LogP contribution in [0.5, 0.6) is 5.75 Å². The Labute approximate surface area is 135 Å². The summed E-state index contributed by atoms with van der Waals surface area (Å²) in [5.74, 6) is -0.324. The predicted octanol–water partition coefficient (Wildman–Crippen LogP) is 2.59. The lowest BCUT2D eigenvalue weighted by Crippen LogP contribution is -2.33. The molecule has 0 radical (unpaired) electrons. The summed E-state index contributed by atoms with van der Waals surface area (Å²) in [7, 11) is 0. The highest BCUT2D eigenvalue weighted by molar-refractivity contribution is 5.81. The van der Waals surface area contributed by atoms with Crippen LogP contribution in [-0.4, -0.2) is 47.1 Å². The number of alkyl halides is 2. The highest BCUT2D eigenvalue weighted by Crippen LogP contribution is 2.41. The maximum atomic E-state index is 12.5. The maximum absolute atomic E-state index is 12.5. The van der Waals surface area contributed by atoms with E-state index in [-0.39, 0.29) is 36.5 Å². The molecule has 3 N–H and O–H groups in total. The molecule has 0 saturated heterocycles. The zero-order chi connectivity index (χ0) is 17.9. The average Bonchev–Trinajstić information content (AvgIpc) is 2.52. The van der Waals surface area contributed by atoms with E-state index in [1.54, 1.807) is 6.08 Å². The van der Waals surface area contributed by atoms with E-state index in [2.05, 4.69) is 0 Å². The summed E-state index contributed by atoms with van der Waals surface area (Å²) in [5, 5.41) is 20.1. The van der Waals surface area contributed by atoms with Crippen molar-refractivity contribution in [1.82, 2.24) is 4.90 Å². The molecule has 2 rings (SSSR count). The number of nitro benzene ring substituents is 1. The van der Waals surface area contributed by atoms with Crippen molar-refractivity contribution in [3.05, 3.63) is 33.9 Å². The Bertz CT molecular complexity index is 693. The number of halogens is 2. The Morgan fingerprint density at radius 1 is 1.50 bits per heavy atom. The normalized spacial score (nSPS) is 14.5. The quantitative estimate of drug-likeness (QED) is 0.482. The third-order valence-electron chi connectivity index (χ3n) is 3.52. The van der Waals surface area contributed by atoms with Crippen molar-refractivity contribution in [2.75, 3.05) is 25.4 Å². The van der Waals surface area contributed by atoms with Crippen LogP contribution in [0.4, 0.5) is 25.0 Å². The monoisotopic (exact) mass is 343 g/mol. The topological polar surface area (TPSA) is 119 Å². The summed E-state index contributed by atoms with van der Waals surface area (Å²) in [6.07, 6.45) is -2.04. The molecule has 1 aliphatic rings. The molecule has 10 heteroatoms. The second-order valence-corrected chi connectivity index (χ2v) is 5.05. The summed E-state index contributed by atoms with van der Waals surface area (Å²) in [6.45, 7) is -0.726. The average molecular weight is 343 g/mol. The van der Waals surface area contributed by atoms with E-state index >= 15 is 0 Å². The Morgan fingerprint density at radius 2 is 2.21 bits per heavy atom. The first kappa shape index (κ1) is 17.4. The van der Waals surface area contributed by atoms with E-state index in [9.17, 15) is 23.7 Å². The lowest BCUT2D eigenvalue weighted by atomic mass is 9.97. The lowest BCUT2D eigenvalue weighted by molar-refractivity contribution is -0.385. The van der Waals surface area contributed by atoms with Crippen LogP contribution in [0.3, 0.4) is 0 Å². The van der Waals surface area contributed by atoms with Gasteiger partial charge >= 0.3 is 11.8 Å². The van der Waals surface area contributed by atoms with Crippen LogP contribution in [0.1, 0.15) is 12.0 Å². The van der Waals surface area contributed by atoms with Gasteiger partial charge in [0.05, 0.1) is 4.92 Å². The minimum absolute atomic E-state index is 0.0944. The Balaban J connectivity index is 2.44. The van der Waals surface area contributed by atoms with Gasteiger partial charge in [-0.15, -0.1) is 0 Å². The highest BCUT2D eigenvalue weighted by Gasteiger charge is 2.27. The molecule has 0 unspecified atom stereocenters. The molecule has 0 aliphatic carbocycles. The molecule has 0 bridgehead atoms. The van der Waals surface area contributed by atoms with Gasteiger partial charge < -0.3 is 20.5 Å². The number of carbonyl (C=O) groups is 1. The number of ether oxygens (including phenoxy) is 1. The second kappa shape index (κ2) is 7.11. The van der Waals surface area contributed by atoms with E-state index in [0.29, 0.717) is 5.57 Å². The molecule has 1 aliphatic heterocycles. The van der Waals surface area contributed by atoms with Gasteiger partial charge in [0.1, 0.15) is 12.3 Å². The SMILES string of the molecule is Nc1ccc(C2=CCN(C(=O)O)CC2)c(OCC(F)F)c1[N+](=O)[O-]. The highest BCUT2D eigenvalue weighted by atomic mass is 19.3. The number of hydrogen-bond donors (Lipinski definition) is 2. The zero-order valence-corrected chi connectivity index (χ0v) is 12.4. The van der Waals surface area contributed by atoms with Crippen molar-refractivity contribution in [2.24, 2.45) is 0 Å². The largest absolute Gasteiger partial charge is 0.480 e. The first-order valence-electron chi connectivity index (χ1n) is 6.96. The minimum Gasteiger partial charge on any atom is -0.480 e. The zero-order valence-electron chi connectivity index (χ0n) is 12.4. The van der Waals surface area contributed by atoms with Gasteiger partial charge in [0.2, 0.25) is 5.75 Å². The van der Waals surface area contributed by atoms with Crippen molar-refractivity contribution < 1.29 is 28.3 Å². The first-order valence-corrected chi connectivity index (χ1v) is 6.96. The molecule has 130 valence electrons. The molecular formula is C14H15F2N3O5. The van der Waals surface area contributed by atoms with Gasteiger partial charge in [-0.1, -0.05) is 6.08 Å². The number of nitrogens with zero attached hydrogens (tertiary/aromatic N) is 2. The van der Waals surface area contributed by atoms with Crippen LogP contribution in [0.15, 0.2) is 18.2 Å². The number of nitrogens with two attached hydrogens (primary N) is 1. The number of amides is 1. The summed E-state index contributed by atoms with van der Waals surface area (Å²) >= 11 is 0. The number of anilines is 1. The van der Waals surface area contributed by atoms with Gasteiger partial charge in [0.15, 0.2) is 0 Å². The predicted molar refractivity (Wildman–Crippen MR) is 81.2 cm³/mol. The van der Waals surface area contributed by atoms with E-state index in [0.717, 1.165) is 4.90 Å². The summed E-state index contributed by atoms with van der Waals surface area (Å²) in [4.78, 5) is 22.5. The molecule has 0 spiro atoms. The van der Waals surface area contributed by atoms with Crippen LogP contribution >= 0.6 is 0 Å². The molecule has 0 saturated carbocycles. The standard InChI is InChI=1S/C14H15F2N3O5/c15-11(16)7-24-13-9(1-2-10(17)12(13)19(22)23)8-3-5-18(6-4-8)14(20)21/h1-3,11H,4-7,17H2,(H,20,21). The van der Waals surface area contributed by atoms with Gasteiger partial charge in [-0.05, 0) is 24.1 Å². The van der Waals surface area contributed by atoms with E-state index in [4.69, 9.17) is 15.6 Å². The van der Waals surface area contributed by atoms with Crippen LogP contribution < -0.4 is 10.5 Å². The molecule has 1 aromatic carbocycles. The van der Waals surface area contributed by atoms with Crippen molar-refractivity contribution in [2.45, 2.75) is 12.8 Å². The van der Waals surface area contributed by atoms with Gasteiger partial charge in [0, 0.05) is 18.7 Å². The molecule has 1 aromatic rings. The number of nitrogen functional groups attached to an aromatic ring is 1. The fourth-order valence-corrected chi connectivity index (χ4v) is 2.41. The van der Waals surface area contributed by atoms with Crippen LogP contribution in [-0.2, 0) is 0 Å². The molecular weight excluding hydrogens is 328 g/mol. The Kier molecular flexibility index (Phi) is 5.17.